The number of esters is 1. The van der Waals surface area contributed by atoms with E-state index >= 15 is 0 Å². The maximum atomic E-state index is 12.5. The van der Waals surface area contributed by atoms with Gasteiger partial charge >= 0.3 is 5.97 Å². The number of methoxy groups -OCH3 is 2. The van der Waals surface area contributed by atoms with Crippen LogP contribution in [0.1, 0.15) is 51.5 Å². The molecule has 178 valence electrons. The Labute approximate surface area is 205 Å². The van der Waals surface area contributed by atoms with Crippen LogP contribution in [0.2, 0.25) is 0 Å². The maximum absolute atomic E-state index is 12.5. The van der Waals surface area contributed by atoms with Crippen molar-refractivity contribution in [2.45, 2.75) is 32.4 Å². The minimum absolute atomic E-state index is 0.0514. The molecule has 1 saturated heterocycles. The predicted octanol–water partition coefficient (Wildman–Crippen LogP) is 4.28. The predicted molar refractivity (Wildman–Crippen MR) is 135 cm³/mol. The number of nitrogens with zero attached hydrogens (tertiary/aromatic N) is 3. The van der Waals surface area contributed by atoms with Crippen molar-refractivity contribution >= 4 is 23.3 Å². The van der Waals surface area contributed by atoms with Crippen LogP contribution in [0.3, 0.4) is 0 Å². The number of rotatable bonds is 8. The summed E-state index contributed by atoms with van der Waals surface area (Å²) in [5.41, 5.74) is 5.46. The van der Waals surface area contributed by atoms with E-state index in [-0.39, 0.29) is 18.1 Å². The van der Waals surface area contributed by atoms with Gasteiger partial charge in [0.15, 0.2) is 5.11 Å². The highest BCUT2D eigenvalue weighted by Crippen LogP contribution is 2.41. The Morgan fingerprint density at radius 1 is 1.15 bits per heavy atom. The van der Waals surface area contributed by atoms with Crippen LogP contribution in [0, 0.1) is 13.8 Å². The number of aryl methyl sites for hydroxylation is 1. The van der Waals surface area contributed by atoms with E-state index < -0.39 is 0 Å². The van der Waals surface area contributed by atoms with Crippen LogP contribution in [0.5, 0.6) is 0 Å². The van der Waals surface area contributed by atoms with Crippen LogP contribution >= 0.6 is 12.2 Å². The average Bonchev–Trinajstić information content (AvgIpc) is 3.34. The van der Waals surface area contributed by atoms with E-state index in [9.17, 15) is 4.79 Å². The Balaban J connectivity index is 1.82. The number of nitrogens with one attached hydrogen (secondary N) is 1. The molecule has 1 N–H and O–H groups in total. The summed E-state index contributed by atoms with van der Waals surface area (Å²) in [7, 11) is 3.11. The monoisotopic (exact) mass is 478 g/mol. The molecule has 0 radical (unpaired) electrons. The highest BCUT2D eigenvalue weighted by Gasteiger charge is 2.41. The second kappa shape index (κ2) is 10.4. The average molecular weight is 479 g/mol. The molecule has 0 amide bonds. The lowest BCUT2D eigenvalue weighted by atomic mass is 9.96. The Morgan fingerprint density at radius 2 is 1.91 bits per heavy atom. The number of ether oxygens (including phenoxy) is 2. The number of hydrogen-bond acceptors (Lipinski definition) is 5. The maximum Gasteiger partial charge on any atom is 0.339 e. The van der Waals surface area contributed by atoms with Gasteiger partial charge in [0.2, 0.25) is 0 Å². The molecule has 0 aliphatic carbocycles. The molecule has 1 aromatic carbocycles. The molecule has 0 unspecified atom stereocenters. The molecule has 7 nitrogen and oxygen atoms in total. The second-order valence-corrected chi connectivity index (χ2v) is 8.72. The topological polar surface area (TPSA) is 68.6 Å². The minimum atomic E-state index is -0.360. The molecular formula is C26H30N4O3S. The van der Waals surface area contributed by atoms with E-state index in [2.05, 4.69) is 39.7 Å². The fourth-order valence-corrected chi connectivity index (χ4v) is 5.10. The highest BCUT2D eigenvalue weighted by atomic mass is 32.1. The van der Waals surface area contributed by atoms with Gasteiger partial charge in [0.1, 0.15) is 0 Å². The Kier molecular flexibility index (Phi) is 7.29. The van der Waals surface area contributed by atoms with Gasteiger partial charge in [-0.05, 0) is 68.4 Å². The van der Waals surface area contributed by atoms with Gasteiger partial charge in [0, 0.05) is 37.8 Å². The van der Waals surface area contributed by atoms with Crippen molar-refractivity contribution in [2.75, 3.05) is 27.4 Å². The van der Waals surface area contributed by atoms with E-state index in [0.717, 1.165) is 41.3 Å². The third kappa shape index (κ3) is 4.43. The summed E-state index contributed by atoms with van der Waals surface area (Å²) in [6.07, 6.45) is 2.66. The summed E-state index contributed by atoms with van der Waals surface area (Å²) in [6.45, 7) is 5.55. The number of pyridine rings is 1. The summed E-state index contributed by atoms with van der Waals surface area (Å²) < 4.78 is 12.4. The molecule has 2 atom stereocenters. The normalized spacial score (nSPS) is 17.6. The zero-order chi connectivity index (χ0) is 24.2. The summed E-state index contributed by atoms with van der Waals surface area (Å²) in [6, 6.07) is 15.5. The first-order chi connectivity index (χ1) is 16.5. The van der Waals surface area contributed by atoms with Crippen molar-refractivity contribution < 1.29 is 14.3 Å². The van der Waals surface area contributed by atoms with Gasteiger partial charge in [-0.1, -0.05) is 18.2 Å². The fraction of sp³-hybridized carbons (Fsp3) is 0.346. The molecule has 1 aliphatic heterocycles. The van der Waals surface area contributed by atoms with Crippen LogP contribution < -0.4 is 5.32 Å². The van der Waals surface area contributed by atoms with E-state index in [1.807, 2.05) is 36.4 Å². The van der Waals surface area contributed by atoms with Crippen molar-refractivity contribution in [2.24, 2.45) is 0 Å². The number of para-hydroxylation sites is 1. The summed E-state index contributed by atoms with van der Waals surface area (Å²) >= 11 is 5.77. The van der Waals surface area contributed by atoms with E-state index in [4.69, 9.17) is 21.7 Å². The van der Waals surface area contributed by atoms with Gasteiger partial charge in [-0.15, -0.1) is 0 Å². The Bertz CT molecular complexity index is 1180. The molecule has 4 rings (SSSR count). The lowest BCUT2D eigenvalue weighted by Gasteiger charge is -2.28. The first kappa shape index (κ1) is 23.9. The number of thiocarbonyl (C=S) groups is 1. The van der Waals surface area contributed by atoms with Crippen molar-refractivity contribution in [1.29, 1.82) is 0 Å². The van der Waals surface area contributed by atoms with E-state index in [0.29, 0.717) is 17.3 Å². The molecule has 3 aromatic rings. The molecule has 2 aromatic heterocycles. The molecule has 3 heterocycles. The van der Waals surface area contributed by atoms with Gasteiger partial charge in [0.05, 0.1) is 36.1 Å². The summed E-state index contributed by atoms with van der Waals surface area (Å²) in [4.78, 5) is 19.3. The molecule has 8 heteroatoms. The van der Waals surface area contributed by atoms with Gasteiger partial charge in [-0.25, -0.2) is 4.79 Å². The number of aromatic nitrogens is 2. The Morgan fingerprint density at radius 3 is 2.62 bits per heavy atom. The largest absolute Gasteiger partial charge is 0.465 e. The minimum Gasteiger partial charge on any atom is -0.465 e. The molecule has 0 saturated carbocycles. The van der Waals surface area contributed by atoms with Gasteiger partial charge in [-0.3, -0.25) is 4.98 Å². The molecule has 1 fully saturated rings. The van der Waals surface area contributed by atoms with Crippen LogP contribution in [0.25, 0.3) is 5.69 Å². The third-order valence-electron chi connectivity index (χ3n) is 6.28. The van der Waals surface area contributed by atoms with Crippen LogP contribution in [0.4, 0.5) is 0 Å². The van der Waals surface area contributed by atoms with Crippen molar-refractivity contribution in [3.05, 3.63) is 82.9 Å². The van der Waals surface area contributed by atoms with Gasteiger partial charge < -0.3 is 24.3 Å². The number of carbonyl (C=O) groups is 1. The van der Waals surface area contributed by atoms with Crippen molar-refractivity contribution in [3.8, 4) is 5.69 Å². The van der Waals surface area contributed by atoms with E-state index in [1.165, 1.54) is 7.11 Å². The SMILES string of the molecule is COCCCN1C(=S)N[C@H](c2ccccn2)[C@@H]1c1cc(C)n(-c2ccccc2C(=O)OC)c1C. The highest BCUT2D eigenvalue weighted by molar-refractivity contribution is 7.80. The quantitative estimate of drug-likeness (QED) is 0.294. The van der Waals surface area contributed by atoms with Crippen LogP contribution in [-0.4, -0.2) is 52.9 Å². The number of benzene rings is 1. The first-order valence-electron chi connectivity index (χ1n) is 11.3. The Hall–Kier alpha value is -3.23. The van der Waals surface area contributed by atoms with Crippen molar-refractivity contribution in [1.82, 2.24) is 19.8 Å². The molecule has 0 spiro atoms. The van der Waals surface area contributed by atoms with Crippen LogP contribution in [0.15, 0.2) is 54.7 Å². The zero-order valence-electron chi connectivity index (χ0n) is 19.9. The fourth-order valence-electron chi connectivity index (χ4n) is 4.77. The second-order valence-electron chi connectivity index (χ2n) is 8.34. The standard InChI is InChI=1S/C26H30N4O3S/c1-17-16-20(18(2)30(17)22-12-6-5-10-19(22)25(31)33-4)24-23(21-11-7-8-13-27-21)28-26(34)29(24)14-9-15-32-3/h5-8,10-13,16,23-24H,9,14-15H2,1-4H3,(H,28,34)/t23-,24+/m1/s1. The number of carbonyl (C=O) groups excluding carboxylic acids is 1. The van der Waals surface area contributed by atoms with Crippen molar-refractivity contribution in [3.63, 3.8) is 0 Å². The lowest BCUT2D eigenvalue weighted by Crippen LogP contribution is -2.31. The first-order valence-corrected chi connectivity index (χ1v) is 11.7. The third-order valence-corrected chi connectivity index (χ3v) is 6.64. The smallest absolute Gasteiger partial charge is 0.339 e. The summed E-state index contributed by atoms with van der Waals surface area (Å²) in [5, 5.41) is 4.21. The number of hydrogen-bond donors (Lipinski definition) is 1. The molecule has 34 heavy (non-hydrogen) atoms. The zero-order valence-corrected chi connectivity index (χ0v) is 20.8. The molecular weight excluding hydrogens is 448 g/mol. The molecule has 0 bridgehead atoms. The lowest BCUT2D eigenvalue weighted by molar-refractivity contribution is 0.0600. The van der Waals surface area contributed by atoms with Crippen LogP contribution in [-0.2, 0) is 9.47 Å². The summed E-state index contributed by atoms with van der Waals surface area (Å²) in [5.74, 6) is -0.360. The van der Waals surface area contributed by atoms with Gasteiger partial charge in [0.25, 0.3) is 0 Å². The molecule has 1 aliphatic rings. The van der Waals surface area contributed by atoms with Gasteiger partial charge in [-0.2, -0.15) is 0 Å². The van der Waals surface area contributed by atoms with E-state index in [1.54, 1.807) is 19.4 Å².